The minimum absolute atomic E-state index is 0.171. The summed E-state index contributed by atoms with van der Waals surface area (Å²) in [5.41, 5.74) is 1.27. The van der Waals surface area contributed by atoms with Crippen molar-refractivity contribution in [3.8, 4) is 5.75 Å². The molecule has 0 saturated carbocycles. The van der Waals surface area contributed by atoms with Crippen LogP contribution in [-0.4, -0.2) is 15.1 Å². The SMILES string of the molecule is Oc1ccc(P)c2nccnc12. The van der Waals surface area contributed by atoms with Gasteiger partial charge in [-0.15, -0.1) is 9.24 Å². The van der Waals surface area contributed by atoms with Gasteiger partial charge >= 0.3 is 0 Å². The van der Waals surface area contributed by atoms with Crippen molar-refractivity contribution in [2.45, 2.75) is 0 Å². The number of rotatable bonds is 0. The van der Waals surface area contributed by atoms with Crippen LogP contribution in [0.25, 0.3) is 11.0 Å². The van der Waals surface area contributed by atoms with Gasteiger partial charge in [-0.05, 0) is 17.4 Å². The second-order valence-electron chi connectivity index (χ2n) is 2.43. The van der Waals surface area contributed by atoms with Crippen LogP contribution in [0.15, 0.2) is 24.5 Å². The topological polar surface area (TPSA) is 46.0 Å². The molecule has 60 valence electrons. The van der Waals surface area contributed by atoms with E-state index in [2.05, 4.69) is 19.2 Å². The zero-order valence-electron chi connectivity index (χ0n) is 6.23. The number of benzene rings is 1. The minimum atomic E-state index is 0.171. The van der Waals surface area contributed by atoms with Crippen LogP contribution in [0.4, 0.5) is 0 Å². The molecule has 0 amide bonds. The molecule has 0 aliphatic rings. The van der Waals surface area contributed by atoms with Gasteiger partial charge in [0.2, 0.25) is 0 Å². The normalized spacial score (nSPS) is 10.4. The second-order valence-corrected chi connectivity index (χ2v) is 3.05. The van der Waals surface area contributed by atoms with Crippen LogP contribution in [0, 0.1) is 0 Å². The van der Waals surface area contributed by atoms with E-state index < -0.39 is 0 Å². The predicted octanol–water partition coefficient (Wildman–Crippen LogP) is 0.836. The van der Waals surface area contributed by atoms with E-state index in [-0.39, 0.29) is 5.75 Å². The Balaban J connectivity index is 2.95. The van der Waals surface area contributed by atoms with Crippen LogP contribution in [-0.2, 0) is 0 Å². The maximum absolute atomic E-state index is 9.38. The summed E-state index contributed by atoms with van der Waals surface area (Å²) in [6.45, 7) is 0. The Morgan fingerprint density at radius 3 is 2.42 bits per heavy atom. The lowest BCUT2D eigenvalue weighted by Crippen LogP contribution is -1.96. The smallest absolute Gasteiger partial charge is 0.143 e. The number of hydrogen-bond donors (Lipinski definition) is 1. The number of phenolic OH excluding ortho intramolecular Hbond substituents is 1. The van der Waals surface area contributed by atoms with E-state index in [1.165, 1.54) is 0 Å². The number of fused-ring (bicyclic) bond motifs is 1. The van der Waals surface area contributed by atoms with Crippen molar-refractivity contribution in [3.05, 3.63) is 24.5 Å². The Morgan fingerprint density at radius 1 is 1.08 bits per heavy atom. The summed E-state index contributed by atoms with van der Waals surface area (Å²) in [4.78, 5) is 8.11. The van der Waals surface area contributed by atoms with E-state index in [0.29, 0.717) is 5.52 Å². The molecule has 12 heavy (non-hydrogen) atoms. The average Bonchev–Trinajstić information content (AvgIpc) is 2.12. The molecule has 0 aliphatic carbocycles. The first-order chi connectivity index (χ1) is 5.79. The van der Waals surface area contributed by atoms with Crippen LogP contribution in [0.3, 0.4) is 0 Å². The van der Waals surface area contributed by atoms with E-state index in [0.717, 1.165) is 10.8 Å². The third kappa shape index (κ3) is 1.03. The Morgan fingerprint density at radius 2 is 1.75 bits per heavy atom. The molecule has 4 heteroatoms. The van der Waals surface area contributed by atoms with E-state index in [1.54, 1.807) is 24.5 Å². The molecule has 0 aliphatic heterocycles. The average molecular weight is 178 g/mol. The van der Waals surface area contributed by atoms with Gasteiger partial charge in [-0.3, -0.25) is 4.98 Å². The van der Waals surface area contributed by atoms with Gasteiger partial charge in [0, 0.05) is 12.4 Å². The number of aromatic hydroxyl groups is 1. The molecule has 0 spiro atoms. The van der Waals surface area contributed by atoms with Crippen LogP contribution in [0.1, 0.15) is 0 Å². The van der Waals surface area contributed by atoms with Crippen molar-refractivity contribution in [2.24, 2.45) is 0 Å². The summed E-state index contributed by atoms with van der Waals surface area (Å²) in [6.07, 6.45) is 3.17. The fraction of sp³-hybridized carbons (Fsp3) is 0. The molecule has 0 radical (unpaired) electrons. The van der Waals surface area contributed by atoms with E-state index >= 15 is 0 Å². The highest BCUT2D eigenvalue weighted by atomic mass is 31.0. The lowest BCUT2D eigenvalue weighted by atomic mass is 10.3. The summed E-state index contributed by atoms with van der Waals surface area (Å²) in [6, 6.07) is 3.40. The first kappa shape index (κ1) is 7.44. The molecule has 0 saturated heterocycles. The summed E-state index contributed by atoms with van der Waals surface area (Å²) >= 11 is 0. The fourth-order valence-electron chi connectivity index (χ4n) is 1.06. The van der Waals surface area contributed by atoms with Crippen LogP contribution >= 0.6 is 9.24 Å². The summed E-state index contributed by atoms with van der Waals surface area (Å²) in [5, 5.41) is 10.3. The molecule has 0 bridgehead atoms. The first-order valence-corrected chi connectivity index (χ1v) is 4.05. The van der Waals surface area contributed by atoms with Crippen molar-refractivity contribution < 1.29 is 5.11 Å². The third-order valence-electron chi connectivity index (χ3n) is 1.64. The molecule has 1 aromatic heterocycles. The number of nitrogens with zero attached hydrogens (tertiary/aromatic N) is 2. The molecule has 1 heterocycles. The summed E-state index contributed by atoms with van der Waals surface area (Å²) in [5.74, 6) is 0.171. The monoisotopic (exact) mass is 178 g/mol. The molecule has 0 fully saturated rings. The molecule has 1 atom stereocenters. The largest absolute Gasteiger partial charge is 0.506 e. The van der Waals surface area contributed by atoms with Crippen LogP contribution in [0.5, 0.6) is 5.75 Å². The molecule has 3 nitrogen and oxygen atoms in total. The Hall–Kier alpha value is -1.21. The molecular formula is C8H7N2OP. The van der Waals surface area contributed by atoms with Gasteiger partial charge in [-0.25, -0.2) is 4.98 Å². The number of hydrogen-bond acceptors (Lipinski definition) is 3. The quantitative estimate of drug-likeness (QED) is 0.608. The van der Waals surface area contributed by atoms with E-state index in [4.69, 9.17) is 0 Å². The van der Waals surface area contributed by atoms with Gasteiger partial charge in [-0.1, -0.05) is 0 Å². The van der Waals surface area contributed by atoms with E-state index in [1.807, 2.05) is 0 Å². The molecule has 2 aromatic rings. The lowest BCUT2D eigenvalue weighted by molar-refractivity contribution is 0.480. The highest BCUT2D eigenvalue weighted by molar-refractivity contribution is 7.28. The number of aromatic nitrogens is 2. The first-order valence-electron chi connectivity index (χ1n) is 3.47. The summed E-state index contributed by atoms with van der Waals surface area (Å²) in [7, 11) is 2.55. The maximum atomic E-state index is 9.38. The summed E-state index contributed by atoms with van der Waals surface area (Å²) < 4.78 is 0. The minimum Gasteiger partial charge on any atom is -0.506 e. The molecular weight excluding hydrogens is 171 g/mol. The molecule has 2 rings (SSSR count). The van der Waals surface area contributed by atoms with Gasteiger partial charge in [0.05, 0.1) is 5.52 Å². The van der Waals surface area contributed by atoms with Crippen LogP contribution in [0.2, 0.25) is 0 Å². The van der Waals surface area contributed by atoms with Crippen molar-refractivity contribution in [2.75, 3.05) is 0 Å². The highest BCUT2D eigenvalue weighted by Crippen LogP contribution is 2.19. The lowest BCUT2D eigenvalue weighted by Gasteiger charge is -2.00. The van der Waals surface area contributed by atoms with Crippen molar-refractivity contribution in [1.29, 1.82) is 0 Å². The Labute approximate surface area is 71.7 Å². The Bertz CT molecular complexity index is 390. The zero-order chi connectivity index (χ0) is 8.55. The maximum Gasteiger partial charge on any atom is 0.143 e. The van der Waals surface area contributed by atoms with Crippen molar-refractivity contribution in [1.82, 2.24) is 9.97 Å². The number of phenols is 1. The van der Waals surface area contributed by atoms with Gasteiger partial charge < -0.3 is 5.11 Å². The standard InChI is InChI=1S/C8H7N2OP/c11-5-1-2-6(12)8-7(5)9-3-4-10-8/h1-4,11H,12H2. The highest BCUT2D eigenvalue weighted by Gasteiger charge is 2.02. The fourth-order valence-corrected chi connectivity index (χ4v) is 1.37. The van der Waals surface area contributed by atoms with Gasteiger partial charge in [0.25, 0.3) is 0 Å². The Kier molecular flexibility index (Phi) is 1.66. The predicted molar refractivity (Wildman–Crippen MR) is 50.5 cm³/mol. The second kappa shape index (κ2) is 2.68. The molecule has 1 aromatic carbocycles. The van der Waals surface area contributed by atoms with Crippen molar-refractivity contribution in [3.63, 3.8) is 0 Å². The van der Waals surface area contributed by atoms with Gasteiger partial charge in [0.1, 0.15) is 11.3 Å². The van der Waals surface area contributed by atoms with Crippen LogP contribution < -0.4 is 5.30 Å². The van der Waals surface area contributed by atoms with Gasteiger partial charge in [0.15, 0.2) is 0 Å². The van der Waals surface area contributed by atoms with Crippen molar-refractivity contribution >= 4 is 25.6 Å². The van der Waals surface area contributed by atoms with E-state index in [9.17, 15) is 5.11 Å². The molecule has 1 unspecified atom stereocenters. The molecule has 1 N–H and O–H groups in total. The zero-order valence-corrected chi connectivity index (χ0v) is 7.38. The van der Waals surface area contributed by atoms with Gasteiger partial charge in [-0.2, -0.15) is 0 Å². The third-order valence-corrected chi connectivity index (χ3v) is 2.10.